The number of nitrogens with zero attached hydrogens (tertiary/aromatic N) is 4. The van der Waals surface area contributed by atoms with Gasteiger partial charge in [0.2, 0.25) is 5.95 Å². The molecule has 2 rings (SSSR count). The molecule has 0 radical (unpaired) electrons. The van der Waals surface area contributed by atoms with Gasteiger partial charge >= 0.3 is 6.18 Å². The van der Waals surface area contributed by atoms with Gasteiger partial charge in [-0.25, -0.2) is 19.9 Å². The molecular formula is C13H13F3N6OS2. The zero-order valence-electron chi connectivity index (χ0n) is 12.9. The molecule has 2 aromatic heterocycles. The highest BCUT2D eigenvalue weighted by Gasteiger charge is 2.34. The van der Waals surface area contributed by atoms with Crippen LogP contribution in [0.25, 0.3) is 0 Å². The average molecular weight is 390 g/mol. The van der Waals surface area contributed by atoms with E-state index in [1.807, 2.05) is 0 Å². The van der Waals surface area contributed by atoms with Crippen LogP contribution in [0.15, 0.2) is 34.7 Å². The summed E-state index contributed by atoms with van der Waals surface area (Å²) < 4.78 is 44.0. The fourth-order valence-electron chi connectivity index (χ4n) is 1.52. The Morgan fingerprint density at radius 2 is 2.00 bits per heavy atom. The summed E-state index contributed by atoms with van der Waals surface area (Å²) in [6.07, 6.45) is -1.66. The van der Waals surface area contributed by atoms with Crippen LogP contribution in [0.4, 0.5) is 19.1 Å². The topological polar surface area (TPSA) is 84.9 Å². The molecule has 0 fully saturated rings. The van der Waals surface area contributed by atoms with Crippen LogP contribution >= 0.6 is 24.0 Å². The molecule has 2 heterocycles. The molecule has 12 heteroatoms. The first kappa shape index (κ1) is 19.3. The lowest BCUT2D eigenvalue weighted by molar-refractivity contribution is -0.141. The lowest BCUT2D eigenvalue weighted by Gasteiger charge is -2.12. The molecule has 0 saturated heterocycles. The molecule has 7 nitrogen and oxygen atoms in total. The third-order valence-electron chi connectivity index (χ3n) is 2.55. The Morgan fingerprint density at radius 1 is 1.28 bits per heavy atom. The highest BCUT2D eigenvalue weighted by Crippen LogP contribution is 2.32. The zero-order valence-corrected chi connectivity index (χ0v) is 14.5. The Balaban J connectivity index is 2.20. The number of nitrogens with one attached hydrogen (secondary N) is 2. The molecule has 0 spiro atoms. The lowest BCUT2D eigenvalue weighted by Crippen LogP contribution is -2.32. The highest BCUT2D eigenvalue weighted by atomic mass is 32.2. The summed E-state index contributed by atoms with van der Waals surface area (Å²) in [6, 6.07) is 2.43. The number of aromatic nitrogens is 4. The van der Waals surface area contributed by atoms with E-state index in [-0.39, 0.29) is 21.2 Å². The van der Waals surface area contributed by atoms with Crippen LogP contribution in [-0.2, 0) is 10.9 Å². The van der Waals surface area contributed by atoms with Gasteiger partial charge in [0.15, 0.2) is 16.0 Å². The monoisotopic (exact) mass is 390 g/mol. The number of rotatable bonds is 6. The smallest absolute Gasteiger partial charge is 0.383 e. The van der Waals surface area contributed by atoms with E-state index in [4.69, 9.17) is 17.0 Å². The Kier molecular flexibility index (Phi) is 6.84. The first-order chi connectivity index (χ1) is 11.9. The van der Waals surface area contributed by atoms with Gasteiger partial charge in [-0.1, -0.05) is 0 Å². The number of halogens is 3. The molecule has 2 N–H and O–H groups in total. The Hall–Kier alpha value is -2.05. The highest BCUT2D eigenvalue weighted by molar-refractivity contribution is 7.99. The second-order valence-corrected chi connectivity index (χ2v) is 5.82. The van der Waals surface area contributed by atoms with Gasteiger partial charge in [0.05, 0.1) is 6.61 Å². The molecule has 0 aliphatic heterocycles. The fraction of sp³-hybridized carbons (Fsp3) is 0.308. The normalized spacial score (nSPS) is 11.2. The van der Waals surface area contributed by atoms with Crippen LogP contribution in [0.3, 0.4) is 0 Å². The number of alkyl halides is 3. The summed E-state index contributed by atoms with van der Waals surface area (Å²) in [4.78, 5) is 15.4. The molecule has 0 bridgehead atoms. The van der Waals surface area contributed by atoms with Crippen molar-refractivity contribution in [3.63, 3.8) is 0 Å². The molecule has 0 atom stereocenters. The van der Waals surface area contributed by atoms with Gasteiger partial charge in [-0.05, 0) is 30.0 Å². The SMILES string of the molecule is COCCNC(=S)Nc1nc(Sc2ncccn2)cc(C(F)(F)F)n1. The van der Waals surface area contributed by atoms with Crippen molar-refractivity contribution in [1.29, 1.82) is 0 Å². The molecule has 0 amide bonds. The number of methoxy groups -OCH3 is 1. The van der Waals surface area contributed by atoms with Gasteiger partial charge in [0.1, 0.15) is 5.03 Å². The number of anilines is 1. The summed E-state index contributed by atoms with van der Waals surface area (Å²) >= 11 is 5.87. The van der Waals surface area contributed by atoms with Crippen molar-refractivity contribution in [2.24, 2.45) is 0 Å². The number of hydrogen-bond donors (Lipinski definition) is 2. The van der Waals surface area contributed by atoms with Gasteiger partial charge in [-0.15, -0.1) is 0 Å². The van der Waals surface area contributed by atoms with Gasteiger partial charge < -0.3 is 15.4 Å². The minimum atomic E-state index is -4.63. The van der Waals surface area contributed by atoms with E-state index < -0.39 is 11.9 Å². The van der Waals surface area contributed by atoms with Crippen LogP contribution in [0.5, 0.6) is 0 Å². The fourth-order valence-corrected chi connectivity index (χ4v) is 2.43. The van der Waals surface area contributed by atoms with E-state index in [1.54, 1.807) is 6.07 Å². The van der Waals surface area contributed by atoms with Crippen LogP contribution in [0.2, 0.25) is 0 Å². The maximum Gasteiger partial charge on any atom is 0.433 e. The zero-order chi connectivity index (χ0) is 18.3. The molecule has 0 unspecified atom stereocenters. The minimum absolute atomic E-state index is 0.0377. The molecule has 25 heavy (non-hydrogen) atoms. The predicted octanol–water partition coefficient (Wildman–Crippen LogP) is 2.37. The van der Waals surface area contributed by atoms with E-state index in [9.17, 15) is 13.2 Å². The summed E-state index contributed by atoms with van der Waals surface area (Å²) in [5.41, 5.74) is -1.09. The second kappa shape index (κ2) is 8.87. The largest absolute Gasteiger partial charge is 0.433 e. The van der Waals surface area contributed by atoms with E-state index in [0.717, 1.165) is 17.8 Å². The third-order valence-corrected chi connectivity index (χ3v) is 3.61. The summed E-state index contributed by atoms with van der Waals surface area (Å²) in [5.74, 6) is -0.275. The van der Waals surface area contributed by atoms with Gasteiger partial charge in [-0.3, -0.25) is 0 Å². The Morgan fingerprint density at radius 3 is 2.64 bits per heavy atom. The van der Waals surface area contributed by atoms with Crippen molar-refractivity contribution >= 4 is 35.0 Å². The quantitative estimate of drug-likeness (QED) is 0.334. The van der Waals surface area contributed by atoms with E-state index in [0.29, 0.717) is 13.2 Å². The molecule has 134 valence electrons. The van der Waals surface area contributed by atoms with E-state index >= 15 is 0 Å². The number of ether oxygens (including phenoxy) is 1. The molecule has 0 aliphatic carbocycles. The van der Waals surface area contributed by atoms with Crippen LogP contribution in [0.1, 0.15) is 5.69 Å². The van der Waals surface area contributed by atoms with Gasteiger partial charge in [0, 0.05) is 32.1 Å². The average Bonchev–Trinajstić information content (AvgIpc) is 2.55. The van der Waals surface area contributed by atoms with Crippen molar-refractivity contribution in [1.82, 2.24) is 25.3 Å². The molecule has 0 aliphatic rings. The first-order valence-electron chi connectivity index (χ1n) is 6.83. The summed E-state index contributed by atoms with van der Waals surface area (Å²) in [7, 11) is 1.52. The maximum absolute atomic E-state index is 13.0. The van der Waals surface area contributed by atoms with Crippen molar-refractivity contribution in [3.05, 3.63) is 30.2 Å². The molecule has 2 aromatic rings. The van der Waals surface area contributed by atoms with Gasteiger partial charge in [-0.2, -0.15) is 13.2 Å². The van der Waals surface area contributed by atoms with E-state index in [2.05, 4.69) is 30.6 Å². The van der Waals surface area contributed by atoms with E-state index in [1.165, 1.54) is 19.5 Å². The summed E-state index contributed by atoms with van der Waals surface area (Å²) in [6.45, 7) is 0.776. The number of thiocarbonyl (C=S) groups is 1. The summed E-state index contributed by atoms with van der Waals surface area (Å²) in [5, 5.41) is 5.68. The van der Waals surface area contributed by atoms with Crippen LogP contribution in [-0.4, -0.2) is 45.3 Å². The van der Waals surface area contributed by atoms with Crippen LogP contribution in [0, 0.1) is 0 Å². The van der Waals surface area contributed by atoms with Crippen molar-refractivity contribution < 1.29 is 17.9 Å². The maximum atomic E-state index is 13.0. The van der Waals surface area contributed by atoms with Crippen molar-refractivity contribution in [2.75, 3.05) is 25.6 Å². The standard InChI is InChI=1S/C13H13F3N6OS2/c1-23-6-5-17-11(24)22-10-20-8(13(14,15)16)7-9(21-10)25-12-18-3-2-4-19-12/h2-4,7H,5-6H2,1H3,(H2,17,20,21,22,24). The molecule has 0 saturated carbocycles. The predicted molar refractivity (Wildman–Crippen MR) is 89.3 cm³/mol. The van der Waals surface area contributed by atoms with Crippen LogP contribution < -0.4 is 10.6 Å². The van der Waals surface area contributed by atoms with Gasteiger partial charge in [0.25, 0.3) is 0 Å². The third kappa shape index (κ3) is 6.40. The molecule has 0 aromatic carbocycles. The lowest BCUT2D eigenvalue weighted by atomic mass is 10.4. The minimum Gasteiger partial charge on any atom is -0.383 e. The van der Waals surface area contributed by atoms with Crippen molar-refractivity contribution in [3.8, 4) is 0 Å². The Bertz CT molecular complexity index is 717. The second-order valence-electron chi connectivity index (χ2n) is 4.42. The first-order valence-corrected chi connectivity index (χ1v) is 8.06. The van der Waals surface area contributed by atoms with Crippen molar-refractivity contribution in [2.45, 2.75) is 16.4 Å². The molecular weight excluding hydrogens is 377 g/mol. The number of hydrogen-bond acceptors (Lipinski definition) is 7. The Labute approximate surface area is 150 Å².